The molecule has 0 aliphatic heterocycles. The zero-order valence-corrected chi connectivity index (χ0v) is 21.3. The lowest BCUT2D eigenvalue weighted by Crippen LogP contribution is -2.36. The van der Waals surface area contributed by atoms with Crippen molar-refractivity contribution < 1.29 is 13.5 Å². The number of ether oxygens (including phenoxy) is 1. The summed E-state index contributed by atoms with van der Waals surface area (Å²) >= 11 is 4.99. The van der Waals surface area contributed by atoms with Gasteiger partial charge in [-0.1, -0.05) is 12.8 Å². The van der Waals surface area contributed by atoms with Gasteiger partial charge >= 0.3 is 0 Å². The number of halogens is 1. The zero-order chi connectivity index (χ0) is 24.8. The maximum Gasteiger partial charge on any atom is 0.138 e. The number of thiol groups is 1. The Labute approximate surface area is 216 Å². The summed E-state index contributed by atoms with van der Waals surface area (Å²) in [5, 5.41) is 1.16. The molecular formula is C30H31FN2O2S. The number of anilines is 1. The van der Waals surface area contributed by atoms with Gasteiger partial charge in [0.15, 0.2) is 0 Å². The summed E-state index contributed by atoms with van der Waals surface area (Å²) in [6, 6.07) is 19.1. The molecule has 0 spiro atoms. The second kappa shape index (κ2) is 9.49. The summed E-state index contributed by atoms with van der Waals surface area (Å²) in [7, 11) is 0. The van der Waals surface area contributed by atoms with E-state index in [4.69, 9.17) is 27.7 Å². The summed E-state index contributed by atoms with van der Waals surface area (Å²) in [4.78, 5) is 0. The minimum Gasteiger partial charge on any atom is -0.457 e. The van der Waals surface area contributed by atoms with E-state index >= 15 is 0 Å². The SMILES string of the molecule is Cc1c(-c2ccc(Oc3ccc(F)cc3)cc2)oc2cc(N(S)C3CCC(N)CC3)c(C3CC3)cc12. The Morgan fingerprint density at radius 2 is 1.56 bits per heavy atom. The van der Waals surface area contributed by atoms with Gasteiger partial charge in [0, 0.05) is 34.7 Å². The van der Waals surface area contributed by atoms with Crippen LogP contribution in [0.3, 0.4) is 0 Å². The number of hydrogen-bond donors (Lipinski definition) is 2. The summed E-state index contributed by atoms with van der Waals surface area (Å²) in [6.45, 7) is 2.13. The van der Waals surface area contributed by atoms with Crippen molar-refractivity contribution in [3.05, 3.63) is 77.6 Å². The van der Waals surface area contributed by atoms with E-state index in [0.29, 0.717) is 29.5 Å². The minimum atomic E-state index is -0.282. The van der Waals surface area contributed by atoms with Crippen LogP contribution < -0.4 is 14.8 Å². The van der Waals surface area contributed by atoms with Gasteiger partial charge in [-0.2, -0.15) is 0 Å². The molecule has 0 amide bonds. The fourth-order valence-corrected chi connectivity index (χ4v) is 5.73. The van der Waals surface area contributed by atoms with Crippen molar-refractivity contribution in [2.75, 3.05) is 4.31 Å². The van der Waals surface area contributed by atoms with Gasteiger partial charge in [0.2, 0.25) is 0 Å². The molecule has 4 nitrogen and oxygen atoms in total. The highest BCUT2D eigenvalue weighted by Crippen LogP contribution is 2.48. The van der Waals surface area contributed by atoms with E-state index in [2.05, 4.69) is 23.4 Å². The third-order valence-corrected chi connectivity index (χ3v) is 8.14. The van der Waals surface area contributed by atoms with Crippen LogP contribution in [0.15, 0.2) is 65.1 Å². The molecule has 2 fully saturated rings. The third kappa shape index (κ3) is 4.60. The average Bonchev–Trinajstić information content (AvgIpc) is 3.69. The molecule has 3 aromatic carbocycles. The molecule has 36 heavy (non-hydrogen) atoms. The number of furan rings is 1. The molecule has 6 rings (SSSR count). The topological polar surface area (TPSA) is 51.6 Å². The van der Waals surface area contributed by atoms with Crippen LogP contribution in [0.25, 0.3) is 22.3 Å². The van der Waals surface area contributed by atoms with Gasteiger partial charge in [-0.25, -0.2) is 4.39 Å². The Balaban J connectivity index is 1.30. The van der Waals surface area contributed by atoms with Gasteiger partial charge in [-0.05, 0) is 112 Å². The van der Waals surface area contributed by atoms with E-state index in [1.54, 1.807) is 12.1 Å². The van der Waals surface area contributed by atoms with Crippen molar-refractivity contribution in [2.24, 2.45) is 5.73 Å². The molecule has 1 aromatic heterocycles. The molecule has 1 heterocycles. The second-order valence-corrected chi connectivity index (χ2v) is 10.7. The Morgan fingerprint density at radius 1 is 0.917 bits per heavy atom. The van der Waals surface area contributed by atoms with Crippen molar-refractivity contribution in [2.45, 2.75) is 63.5 Å². The largest absolute Gasteiger partial charge is 0.457 e. The molecular weight excluding hydrogens is 471 g/mol. The quantitative estimate of drug-likeness (QED) is 0.261. The second-order valence-electron chi connectivity index (χ2n) is 10.2. The Kier molecular flexibility index (Phi) is 6.18. The van der Waals surface area contributed by atoms with Gasteiger partial charge in [0.1, 0.15) is 28.7 Å². The predicted molar refractivity (Wildman–Crippen MR) is 147 cm³/mol. The van der Waals surface area contributed by atoms with Crippen LogP contribution in [0.5, 0.6) is 11.5 Å². The molecule has 4 aromatic rings. The molecule has 0 saturated heterocycles. The molecule has 2 saturated carbocycles. The van der Waals surface area contributed by atoms with Gasteiger partial charge in [0.05, 0.1) is 5.69 Å². The predicted octanol–water partition coefficient (Wildman–Crippen LogP) is 8.14. The molecule has 2 aliphatic carbocycles. The highest BCUT2D eigenvalue weighted by molar-refractivity contribution is 7.81. The van der Waals surface area contributed by atoms with Crippen molar-refractivity contribution in [3.63, 3.8) is 0 Å². The summed E-state index contributed by atoms with van der Waals surface area (Å²) in [6.07, 6.45) is 6.70. The molecule has 0 atom stereocenters. The normalized spacial score (nSPS) is 20.0. The van der Waals surface area contributed by atoms with E-state index in [0.717, 1.165) is 53.5 Å². The molecule has 2 N–H and O–H groups in total. The smallest absolute Gasteiger partial charge is 0.138 e. The Morgan fingerprint density at radius 3 is 2.19 bits per heavy atom. The number of fused-ring (bicyclic) bond motifs is 1. The number of benzene rings is 3. The van der Waals surface area contributed by atoms with E-state index in [1.165, 1.54) is 36.2 Å². The first-order chi connectivity index (χ1) is 17.5. The monoisotopic (exact) mass is 502 g/mol. The van der Waals surface area contributed by atoms with Gasteiger partial charge in [-0.3, -0.25) is 0 Å². The highest BCUT2D eigenvalue weighted by Gasteiger charge is 2.32. The standard InChI is InChI=1S/C30H31FN2O2S/c1-18-26-16-27(19-2-3-19)28(33(36)23-10-8-22(32)9-11-23)17-29(26)35-30(18)20-4-12-24(13-5-20)34-25-14-6-21(31)7-15-25/h4-7,12-17,19,22-23,36H,2-3,8-11,32H2,1H3. The maximum atomic E-state index is 13.2. The lowest BCUT2D eigenvalue weighted by molar-refractivity contribution is 0.399. The van der Waals surface area contributed by atoms with Crippen LogP contribution in [0.4, 0.5) is 10.1 Å². The molecule has 2 aliphatic rings. The van der Waals surface area contributed by atoms with Crippen molar-refractivity contribution in [1.82, 2.24) is 0 Å². The first-order valence-electron chi connectivity index (χ1n) is 12.8. The fraction of sp³-hybridized carbons (Fsp3) is 0.333. The van der Waals surface area contributed by atoms with Crippen molar-refractivity contribution in [1.29, 1.82) is 0 Å². The van der Waals surface area contributed by atoms with E-state index in [-0.39, 0.29) is 5.82 Å². The lowest BCUT2D eigenvalue weighted by atomic mass is 9.91. The number of hydrogen-bond acceptors (Lipinski definition) is 5. The third-order valence-electron chi connectivity index (χ3n) is 7.60. The Bertz CT molecular complexity index is 1370. The maximum absolute atomic E-state index is 13.2. The van der Waals surface area contributed by atoms with Crippen LogP contribution in [-0.4, -0.2) is 12.1 Å². The van der Waals surface area contributed by atoms with E-state index < -0.39 is 0 Å². The number of rotatable bonds is 6. The number of aryl methyl sites for hydroxylation is 1. The molecule has 0 unspecified atom stereocenters. The summed E-state index contributed by atoms with van der Waals surface area (Å²) < 4.78 is 27.6. The van der Waals surface area contributed by atoms with E-state index in [1.807, 2.05) is 24.3 Å². The first-order valence-corrected chi connectivity index (χ1v) is 13.2. The summed E-state index contributed by atoms with van der Waals surface area (Å²) in [5.74, 6) is 2.47. The molecule has 0 bridgehead atoms. The van der Waals surface area contributed by atoms with Crippen LogP contribution in [0.2, 0.25) is 0 Å². The molecule has 6 heteroatoms. The average molecular weight is 503 g/mol. The Hall–Kier alpha value is -2.96. The van der Waals surface area contributed by atoms with Crippen LogP contribution >= 0.6 is 12.8 Å². The van der Waals surface area contributed by atoms with Gasteiger partial charge < -0.3 is 19.2 Å². The zero-order valence-electron chi connectivity index (χ0n) is 20.4. The molecule has 186 valence electrons. The lowest BCUT2D eigenvalue weighted by Gasteiger charge is -2.34. The van der Waals surface area contributed by atoms with Crippen molar-refractivity contribution >= 4 is 29.5 Å². The fourth-order valence-electron chi connectivity index (χ4n) is 5.32. The van der Waals surface area contributed by atoms with Gasteiger partial charge in [0.25, 0.3) is 0 Å². The molecule has 0 radical (unpaired) electrons. The highest BCUT2D eigenvalue weighted by atomic mass is 32.1. The van der Waals surface area contributed by atoms with E-state index in [9.17, 15) is 4.39 Å². The van der Waals surface area contributed by atoms with Gasteiger partial charge in [-0.15, -0.1) is 0 Å². The number of nitrogens with zero attached hydrogens (tertiary/aromatic N) is 1. The number of nitrogens with two attached hydrogens (primary N) is 1. The van der Waals surface area contributed by atoms with Crippen LogP contribution in [-0.2, 0) is 0 Å². The first kappa shape index (κ1) is 23.4. The van der Waals surface area contributed by atoms with Crippen LogP contribution in [0, 0.1) is 12.7 Å². The summed E-state index contributed by atoms with van der Waals surface area (Å²) in [5.41, 5.74) is 11.7. The van der Waals surface area contributed by atoms with Crippen LogP contribution in [0.1, 0.15) is 55.6 Å². The van der Waals surface area contributed by atoms with Crippen molar-refractivity contribution in [3.8, 4) is 22.8 Å². The minimum absolute atomic E-state index is 0.282.